The Labute approximate surface area is 113 Å². The van der Waals surface area contributed by atoms with Gasteiger partial charge in [0.05, 0.1) is 0 Å². The molecule has 0 bridgehead atoms. The lowest BCUT2D eigenvalue weighted by Crippen LogP contribution is -2.38. The Morgan fingerprint density at radius 3 is 2.72 bits per heavy atom. The largest absolute Gasteiger partial charge is 0.362 e. The zero-order valence-corrected chi connectivity index (χ0v) is 11.2. The lowest BCUT2D eigenvalue weighted by molar-refractivity contribution is -0.133. The van der Waals surface area contributed by atoms with Crippen LogP contribution in [0.15, 0.2) is 40.9 Å². The van der Waals surface area contributed by atoms with E-state index in [1.807, 2.05) is 6.07 Å². The number of benzene rings is 2. The van der Waals surface area contributed by atoms with Crippen molar-refractivity contribution in [1.29, 1.82) is 0 Å². The highest BCUT2D eigenvalue weighted by atomic mass is 79.9. The minimum absolute atomic E-state index is 0.0454. The highest BCUT2D eigenvalue weighted by Gasteiger charge is 2.20. The van der Waals surface area contributed by atoms with E-state index in [-0.39, 0.29) is 18.6 Å². The molecule has 0 spiro atoms. The topological polar surface area (TPSA) is 38.3 Å². The number of ether oxygens (including phenoxy) is 1. The van der Waals surface area contributed by atoms with Crippen LogP contribution in [-0.4, -0.2) is 19.1 Å². The van der Waals surface area contributed by atoms with E-state index in [1.54, 1.807) is 0 Å². The van der Waals surface area contributed by atoms with Crippen molar-refractivity contribution in [2.45, 2.75) is 6.10 Å². The summed E-state index contributed by atoms with van der Waals surface area (Å²) < 4.78 is 6.60. The molecule has 0 saturated carbocycles. The molecule has 2 aromatic rings. The summed E-state index contributed by atoms with van der Waals surface area (Å²) >= 11 is 3.46. The average Bonchev–Trinajstić information content (AvgIpc) is 2.39. The van der Waals surface area contributed by atoms with E-state index in [2.05, 4.69) is 51.6 Å². The number of halogens is 1. The zero-order valence-electron chi connectivity index (χ0n) is 9.65. The van der Waals surface area contributed by atoms with Gasteiger partial charge in [-0.15, -0.1) is 0 Å². The maximum Gasteiger partial charge on any atom is 0.246 e. The van der Waals surface area contributed by atoms with E-state index in [0.717, 1.165) is 10.0 Å². The maximum atomic E-state index is 11.0. The predicted molar refractivity (Wildman–Crippen MR) is 73.4 cm³/mol. The van der Waals surface area contributed by atoms with Gasteiger partial charge in [0, 0.05) is 11.0 Å². The molecule has 1 fully saturated rings. The normalized spacial score (nSPS) is 19.8. The summed E-state index contributed by atoms with van der Waals surface area (Å²) in [5.74, 6) is -0.0454. The number of hydrogen-bond acceptors (Lipinski definition) is 2. The molecule has 1 saturated heterocycles. The zero-order chi connectivity index (χ0) is 12.5. The number of carbonyl (C=O) groups is 1. The SMILES string of the molecule is O=C1CO[C@@H](c2ccc3cc(Br)ccc3c2)CN1. The first-order chi connectivity index (χ1) is 8.72. The molecule has 1 heterocycles. The summed E-state index contributed by atoms with van der Waals surface area (Å²) in [4.78, 5) is 11.0. The van der Waals surface area contributed by atoms with Gasteiger partial charge in [0.25, 0.3) is 0 Å². The summed E-state index contributed by atoms with van der Waals surface area (Å²) in [5.41, 5.74) is 1.10. The Morgan fingerprint density at radius 2 is 1.94 bits per heavy atom. The lowest BCUT2D eigenvalue weighted by Gasteiger charge is -2.23. The van der Waals surface area contributed by atoms with Gasteiger partial charge in [-0.1, -0.05) is 34.1 Å². The van der Waals surface area contributed by atoms with Crippen LogP contribution in [0.3, 0.4) is 0 Å². The van der Waals surface area contributed by atoms with Crippen molar-refractivity contribution in [3.8, 4) is 0 Å². The second kappa shape index (κ2) is 4.71. The number of carbonyl (C=O) groups excluding carboxylic acids is 1. The van der Waals surface area contributed by atoms with Crippen LogP contribution < -0.4 is 5.32 Å². The van der Waals surface area contributed by atoms with Crippen LogP contribution in [0.2, 0.25) is 0 Å². The van der Waals surface area contributed by atoms with Crippen molar-refractivity contribution in [2.75, 3.05) is 13.2 Å². The fourth-order valence-corrected chi connectivity index (χ4v) is 2.52. The standard InChI is InChI=1S/C14H12BrNO2/c15-12-4-3-9-5-11(2-1-10(9)6-12)13-7-16-14(17)8-18-13/h1-6,13H,7-8H2,(H,16,17)/t13-/m1/s1. The third-order valence-electron chi connectivity index (χ3n) is 3.10. The van der Waals surface area contributed by atoms with E-state index in [9.17, 15) is 4.79 Å². The predicted octanol–water partition coefficient (Wildman–Crippen LogP) is 2.79. The molecule has 1 aliphatic heterocycles. The first-order valence-electron chi connectivity index (χ1n) is 5.80. The van der Waals surface area contributed by atoms with Crippen molar-refractivity contribution in [1.82, 2.24) is 5.32 Å². The Kier molecular flexibility index (Phi) is 3.06. The van der Waals surface area contributed by atoms with E-state index in [1.165, 1.54) is 10.8 Å². The number of nitrogens with one attached hydrogen (secondary N) is 1. The van der Waals surface area contributed by atoms with E-state index in [4.69, 9.17) is 4.74 Å². The average molecular weight is 306 g/mol. The van der Waals surface area contributed by atoms with Gasteiger partial charge in [-0.3, -0.25) is 4.79 Å². The molecule has 92 valence electrons. The van der Waals surface area contributed by atoms with Crippen molar-refractivity contribution >= 4 is 32.6 Å². The number of hydrogen-bond donors (Lipinski definition) is 1. The van der Waals surface area contributed by atoms with Crippen LogP contribution in [0.1, 0.15) is 11.7 Å². The Balaban J connectivity index is 1.93. The highest BCUT2D eigenvalue weighted by Crippen LogP contribution is 2.25. The van der Waals surface area contributed by atoms with Crippen LogP contribution in [0.25, 0.3) is 10.8 Å². The summed E-state index contributed by atoms with van der Waals surface area (Å²) in [5, 5.41) is 5.18. The molecule has 0 radical (unpaired) electrons. The number of morpholine rings is 1. The van der Waals surface area contributed by atoms with Crippen molar-refractivity contribution in [3.05, 3.63) is 46.4 Å². The third-order valence-corrected chi connectivity index (χ3v) is 3.59. The first-order valence-corrected chi connectivity index (χ1v) is 6.59. The molecule has 18 heavy (non-hydrogen) atoms. The van der Waals surface area contributed by atoms with Gasteiger partial charge >= 0.3 is 0 Å². The summed E-state index contributed by atoms with van der Waals surface area (Å²) in [6.07, 6.45) is -0.0456. The molecule has 1 atom stereocenters. The summed E-state index contributed by atoms with van der Waals surface area (Å²) in [7, 11) is 0. The van der Waals surface area contributed by atoms with Crippen molar-refractivity contribution in [2.24, 2.45) is 0 Å². The second-order valence-electron chi connectivity index (χ2n) is 4.35. The van der Waals surface area contributed by atoms with Crippen LogP contribution in [-0.2, 0) is 9.53 Å². The van der Waals surface area contributed by atoms with Crippen molar-refractivity contribution < 1.29 is 9.53 Å². The maximum absolute atomic E-state index is 11.0. The first kappa shape index (κ1) is 11.7. The molecule has 3 rings (SSSR count). The third kappa shape index (κ3) is 2.26. The molecular weight excluding hydrogens is 294 g/mol. The van der Waals surface area contributed by atoms with Crippen molar-refractivity contribution in [3.63, 3.8) is 0 Å². The fraction of sp³-hybridized carbons (Fsp3) is 0.214. The van der Waals surface area contributed by atoms with E-state index < -0.39 is 0 Å². The molecule has 1 amide bonds. The molecule has 0 aliphatic carbocycles. The van der Waals surface area contributed by atoms with Gasteiger partial charge in [0.2, 0.25) is 5.91 Å². The monoisotopic (exact) mass is 305 g/mol. The Bertz CT molecular complexity index is 602. The molecule has 2 aromatic carbocycles. The van der Waals surface area contributed by atoms with Crippen LogP contribution in [0, 0.1) is 0 Å². The summed E-state index contributed by atoms with van der Waals surface area (Å²) in [6, 6.07) is 12.4. The van der Waals surface area contributed by atoms with Crippen LogP contribution in [0.4, 0.5) is 0 Å². The highest BCUT2D eigenvalue weighted by molar-refractivity contribution is 9.10. The molecule has 0 aromatic heterocycles. The van der Waals surface area contributed by atoms with Crippen LogP contribution >= 0.6 is 15.9 Å². The lowest BCUT2D eigenvalue weighted by atomic mass is 10.0. The van der Waals surface area contributed by atoms with Crippen LogP contribution in [0.5, 0.6) is 0 Å². The minimum atomic E-state index is -0.0456. The molecule has 0 unspecified atom stereocenters. The minimum Gasteiger partial charge on any atom is -0.362 e. The second-order valence-corrected chi connectivity index (χ2v) is 5.27. The Hall–Kier alpha value is -1.39. The number of rotatable bonds is 1. The number of fused-ring (bicyclic) bond motifs is 1. The Morgan fingerprint density at radius 1 is 1.17 bits per heavy atom. The fourth-order valence-electron chi connectivity index (χ4n) is 2.14. The smallest absolute Gasteiger partial charge is 0.246 e. The van der Waals surface area contributed by atoms with E-state index in [0.29, 0.717) is 6.54 Å². The van der Waals surface area contributed by atoms with Gasteiger partial charge in [0.15, 0.2) is 0 Å². The van der Waals surface area contributed by atoms with E-state index >= 15 is 0 Å². The van der Waals surface area contributed by atoms with Gasteiger partial charge in [0.1, 0.15) is 12.7 Å². The molecule has 1 aliphatic rings. The molecular formula is C14H12BrNO2. The van der Waals surface area contributed by atoms with Gasteiger partial charge in [-0.25, -0.2) is 0 Å². The van der Waals surface area contributed by atoms with Gasteiger partial charge < -0.3 is 10.1 Å². The molecule has 4 heteroatoms. The molecule has 1 N–H and O–H groups in total. The quantitative estimate of drug-likeness (QED) is 0.880. The van der Waals surface area contributed by atoms with Gasteiger partial charge in [-0.05, 0) is 34.5 Å². The number of amides is 1. The molecule has 3 nitrogen and oxygen atoms in total. The van der Waals surface area contributed by atoms with Gasteiger partial charge in [-0.2, -0.15) is 0 Å². The summed E-state index contributed by atoms with van der Waals surface area (Å²) in [6.45, 7) is 0.684.